The quantitative estimate of drug-likeness (QED) is 0.674. The Balaban J connectivity index is 2.05. The van der Waals surface area contributed by atoms with Gasteiger partial charge in [0.25, 0.3) is 0 Å². The Morgan fingerprint density at radius 1 is 0.905 bits per heavy atom. The van der Waals surface area contributed by atoms with Crippen LogP contribution in [-0.2, 0) is 0 Å². The number of hydrogen-bond acceptors (Lipinski definition) is 2. The number of ketones is 1. The van der Waals surface area contributed by atoms with Gasteiger partial charge in [0.1, 0.15) is 5.82 Å². The van der Waals surface area contributed by atoms with Crippen molar-refractivity contribution >= 4 is 5.78 Å². The summed E-state index contributed by atoms with van der Waals surface area (Å²) in [6.07, 6.45) is 1.66. The van der Waals surface area contributed by atoms with Crippen LogP contribution in [0.2, 0.25) is 0 Å². The molecule has 2 nitrogen and oxygen atoms in total. The molecule has 0 unspecified atom stereocenters. The van der Waals surface area contributed by atoms with Crippen molar-refractivity contribution in [1.82, 2.24) is 4.98 Å². The number of nitrogens with zero attached hydrogens (tertiary/aromatic N) is 1. The molecule has 0 radical (unpaired) electrons. The molecule has 0 N–H and O–H groups in total. The minimum atomic E-state index is -0.525. The summed E-state index contributed by atoms with van der Waals surface area (Å²) < 4.78 is 14.0. The van der Waals surface area contributed by atoms with Crippen LogP contribution >= 0.6 is 0 Å². The van der Waals surface area contributed by atoms with Crippen LogP contribution < -0.4 is 0 Å². The molecule has 0 saturated carbocycles. The predicted octanol–water partition coefficient (Wildman–Crippen LogP) is 4.12. The highest BCUT2D eigenvalue weighted by atomic mass is 19.1. The molecule has 0 aliphatic rings. The summed E-state index contributed by atoms with van der Waals surface area (Å²) in [5.41, 5.74) is 1.95. The molecule has 21 heavy (non-hydrogen) atoms. The first-order valence-corrected chi connectivity index (χ1v) is 6.56. The monoisotopic (exact) mass is 277 g/mol. The maximum Gasteiger partial charge on any atom is 0.195 e. The minimum Gasteiger partial charge on any atom is -0.288 e. The van der Waals surface area contributed by atoms with E-state index in [0.717, 1.165) is 5.56 Å². The second-order valence-corrected chi connectivity index (χ2v) is 4.60. The molecule has 0 spiro atoms. The number of halogens is 1. The zero-order chi connectivity index (χ0) is 14.7. The van der Waals surface area contributed by atoms with Gasteiger partial charge in [0, 0.05) is 17.3 Å². The molecule has 3 aromatic rings. The van der Waals surface area contributed by atoms with Crippen LogP contribution in [0.1, 0.15) is 15.9 Å². The minimum absolute atomic E-state index is 0.0596. The maximum absolute atomic E-state index is 14.0. The van der Waals surface area contributed by atoms with E-state index >= 15 is 0 Å². The van der Waals surface area contributed by atoms with Crippen LogP contribution in [-0.4, -0.2) is 10.8 Å². The molecular formula is C18H12FNO. The molecule has 1 heterocycles. The standard InChI is InChI=1S/C18H12FNO/c19-16-10-9-14(17-8-4-5-11-20-17)12-15(16)18(21)13-6-2-1-3-7-13/h1-12H. The van der Waals surface area contributed by atoms with E-state index in [1.54, 1.807) is 42.6 Å². The summed E-state index contributed by atoms with van der Waals surface area (Å²) in [5.74, 6) is -0.852. The summed E-state index contributed by atoms with van der Waals surface area (Å²) >= 11 is 0. The first-order valence-electron chi connectivity index (χ1n) is 6.56. The van der Waals surface area contributed by atoms with Crippen molar-refractivity contribution in [3.8, 4) is 11.3 Å². The van der Waals surface area contributed by atoms with E-state index in [1.165, 1.54) is 6.07 Å². The highest BCUT2D eigenvalue weighted by molar-refractivity contribution is 6.09. The van der Waals surface area contributed by atoms with Crippen molar-refractivity contribution in [3.63, 3.8) is 0 Å². The Labute approximate surface area is 121 Å². The average molecular weight is 277 g/mol. The summed E-state index contributed by atoms with van der Waals surface area (Å²) in [6.45, 7) is 0. The topological polar surface area (TPSA) is 30.0 Å². The molecule has 0 aliphatic carbocycles. The zero-order valence-electron chi connectivity index (χ0n) is 11.2. The van der Waals surface area contributed by atoms with Gasteiger partial charge in [-0.25, -0.2) is 4.39 Å². The van der Waals surface area contributed by atoms with E-state index in [-0.39, 0.29) is 11.3 Å². The second kappa shape index (κ2) is 5.67. The van der Waals surface area contributed by atoms with E-state index in [4.69, 9.17) is 0 Å². The summed E-state index contributed by atoms with van der Waals surface area (Å²) in [7, 11) is 0. The molecule has 0 bridgehead atoms. The number of pyridine rings is 1. The third kappa shape index (κ3) is 2.72. The molecule has 3 heteroatoms. The SMILES string of the molecule is O=C(c1ccccc1)c1cc(-c2ccccn2)ccc1F. The fraction of sp³-hybridized carbons (Fsp3) is 0. The lowest BCUT2D eigenvalue weighted by atomic mass is 9.99. The van der Waals surface area contributed by atoms with Crippen molar-refractivity contribution < 1.29 is 9.18 Å². The number of hydrogen-bond donors (Lipinski definition) is 0. The molecule has 0 fully saturated rings. The predicted molar refractivity (Wildman–Crippen MR) is 79.5 cm³/mol. The van der Waals surface area contributed by atoms with Gasteiger partial charge in [0.2, 0.25) is 0 Å². The Morgan fingerprint density at radius 3 is 2.38 bits per heavy atom. The fourth-order valence-corrected chi connectivity index (χ4v) is 2.14. The number of aromatic nitrogens is 1. The van der Waals surface area contributed by atoms with Gasteiger partial charge in [0.05, 0.1) is 11.3 Å². The first kappa shape index (κ1) is 13.2. The third-order valence-electron chi connectivity index (χ3n) is 3.21. The molecule has 0 amide bonds. The lowest BCUT2D eigenvalue weighted by molar-refractivity contribution is 0.103. The third-order valence-corrected chi connectivity index (χ3v) is 3.21. The summed E-state index contributed by atoms with van der Waals surface area (Å²) in [5, 5.41) is 0. The average Bonchev–Trinajstić information content (AvgIpc) is 2.56. The molecule has 0 atom stereocenters. The van der Waals surface area contributed by atoms with Gasteiger partial charge in [-0.3, -0.25) is 9.78 Å². The van der Waals surface area contributed by atoms with Crippen LogP contribution in [0.4, 0.5) is 4.39 Å². The van der Waals surface area contributed by atoms with E-state index in [1.807, 2.05) is 24.3 Å². The molecule has 0 saturated heterocycles. The van der Waals surface area contributed by atoms with Gasteiger partial charge in [-0.2, -0.15) is 0 Å². The smallest absolute Gasteiger partial charge is 0.195 e. The van der Waals surface area contributed by atoms with Crippen LogP contribution in [0.25, 0.3) is 11.3 Å². The van der Waals surface area contributed by atoms with Gasteiger partial charge in [-0.05, 0) is 30.3 Å². The van der Waals surface area contributed by atoms with Crippen molar-refractivity contribution in [1.29, 1.82) is 0 Å². The Morgan fingerprint density at radius 2 is 1.67 bits per heavy atom. The zero-order valence-corrected chi connectivity index (χ0v) is 11.2. The summed E-state index contributed by atoms with van der Waals surface area (Å²) in [4.78, 5) is 16.6. The van der Waals surface area contributed by atoms with Gasteiger partial charge in [-0.1, -0.05) is 36.4 Å². The van der Waals surface area contributed by atoms with Crippen LogP contribution in [0.15, 0.2) is 72.9 Å². The number of carbonyl (C=O) groups is 1. The Hall–Kier alpha value is -2.81. The van der Waals surface area contributed by atoms with E-state index in [0.29, 0.717) is 11.3 Å². The lowest BCUT2D eigenvalue weighted by Crippen LogP contribution is -2.04. The van der Waals surface area contributed by atoms with E-state index in [2.05, 4.69) is 4.98 Å². The van der Waals surface area contributed by atoms with E-state index in [9.17, 15) is 9.18 Å². The van der Waals surface area contributed by atoms with Crippen molar-refractivity contribution in [2.45, 2.75) is 0 Å². The lowest BCUT2D eigenvalue weighted by Gasteiger charge is -2.06. The highest BCUT2D eigenvalue weighted by Crippen LogP contribution is 2.22. The highest BCUT2D eigenvalue weighted by Gasteiger charge is 2.15. The molecule has 1 aromatic heterocycles. The Kier molecular flexibility index (Phi) is 3.56. The maximum atomic E-state index is 14.0. The largest absolute Gasteiger partial charge is 0.288 e. The number of rotatable bonds is 3. The second-order valence-electron chi connectivity index (χ2n) is 4.60. The van der Waals surface area contributed by atoms with Crippen molar-refractivity contribution in [2.24, 2.45) is 0 Å². The van der Waals surface area contributed by atoms with Crippen molar-refractivity contribution in [2.75, 3.05) is 0 Å². The number of carbonyl (C=O) groups excluding carboxylic acids is 1. The number of benzene rings is 2. The van der Waals surface area contributed by atoms with Gasteiger partial charge >= 0.3 is 0 Å². The van der Waals surface area contributed by atoms with Crippen molar-refractivity contribution in [3.05, 3.63) is 89.9 Å². The van der Waals surface area contributed by atoms with Gasteiger partial charge in [-0.15, -0.1) is 0 Å². The normalized spacial score (nSPS) is 10.3. The van der Waals surface area contributed by atoms with Crippen LogP contribution in [0.5, 0.6) is 0 Å². The van der Waals surface area contributed by atoms with Gasteiger partial charge < -0.3 is 0 Å². The van der Waals surface area contributed by atoms with Crippen LogP contribution in [0.3, 0.4) is 0 Å². The van der Waals surface area contributed by atoms with Gasteiger partial charge in [0.15, 0.2) is 5.78 Å². The molecule has 102 valence electrons. The summed E-state index contributed by atoms with van der Waals surface area (Å²) in [6, 6.07) is 18.6. The molecular weight excluding hydrogens is 265 g/mol. The molecule has 3 rings (SSSR count). The van der Waals surface area contributed by atoms with E-state index < -0.39 is 5.82 Å². The van der Waals surface area contributed by atoms with Crippen LogP contribution in [0, 0.1) is 5.82 Å². The molecule has 2 aromatic carbocycles. The molecule has 0 aliphatic heterocycles. The Bertz CT molecular complexity index is 770. The first-order chi connectivity index (χ1) is 10.3. The fourth-order valence-electron chi connectivity index (χ4n) is 2.14.